The number of hydrogen-bond acceptors (Lipinski definition) is 3. The zero-order valence-corrected chi connectivity index (χ0v) is 13.0. The van der Waals surface area contributed by atoms with Crippen LogP contribution in [0.5, 0.6) is 0 Å². The molecule has 2 N–H and O–H groups in total. The quantitative estimate of drug-likeness (QED) is 0.803. The summed E-state index contributed by atoms with van der Waals surface area (Å²) in [4.78, 5) is 23.4. The van der Waals surface area contributed by atoms with Crippen LogP contribution in [-0.4, -0.2) is 36.2 Å². The highest BCUT2D eigenvalue weighted by Crippen LogP contribution is 2.12. The Morgan fingerprint density at radius 3 is 2.38 bits per heavy atom. The van der Waals surface area contributed by atoms with E-state index in [0.717, 1.165) is 11.1 Å². The third kappa shape index (κ3) is 4.86. The summed E-state index contributed by atoms with van der Waals surface area (Å²) in [5, 5.41) is 11.8. The van der Waals surface area contributed by atoms with Crippen LogP contribution in [0.1, 0.15) is 25.0 Å². The molecule has 21 heavy (non-hydrogen) atoms. The van der Waals surface area contributed by atoms with Crippen molar-refractivity contribution in [2.45, 2.75) is 32.7 Å². The van der Waals surface area contributed by atoms with E-state index in [1.54, 1.807) is 6.92 Å². The number of nitrogens with one attached hydrogen (secondary N) is 1. The molecule has 116 valence electrons. The first-order valence-electron chi connectivity index (χ1n) is 6.88. The van der Waals surface area contributed by atoms with Gasteiger partial charge in [0.25, 0.3) is 0 Å². The molecule has 5 nitrogen and oxygen atoms in total. The number of aliphatic carboxylic acids is 1. The van der Waals surface area contributed by atoms with Crippen LogP contribution < -0.4 is 5.32 Å². The van der Waals surface area contributed by atoms with Gasteiger partial charge in [-0.1, -0.05) is 36.8 Å². The van der Waals surface area contributed by atoms with Gasteiger partial charge in [-0.15, -0.1) is 0 Å². The lowest BCUT2D eigenvalue weighted by molar-refractivity contribution is -0.149. The van der Waals surface area contributed by atoms with E-state index in [1.165, 1.54) is 14.0 Å². The van der Waals surface area contributed by atoms with Gasteiger partial charge in [0.1, 0.15) is 0 Å². The third-order valence-electron chi connectivity index (χ3n) is 3.41. The zero-order valence-electron chi connectivity index (χ0n) is 13.0. The number of aryl methyl sites for hydroxylation is 1. The van der Waals surface area contributed by atoms with Crippen molar-refractivity contribution in [1.82, 2.24) is 5.32 Å². The van der Waals surface area contributed by atoms with Crippen LogP contribution in [0.25, 0.3) is 0 Å². The van der Waals surface area contributed by atoms with Crippen LogP contribution in [0.4, 0.5) is 0 Å². The monoisotopic (exact) mass is 293 g/mol. The van der Waals surface area contributed by atoms with E-state index in [2.05, 4.69) is 5.32 Å². The maximum Gasteiger partial charge on any atom is 0.331 e. The van der Waals surface area contributed by atoms with Crippen molar-refractivity contribution in [3.05, 3.63) is 35.4 Å². The number of hydrogen-bond donors (Lipinski definition) is 2. The first-order valence-corrected chi connectivity index (χ1v) is 6.88. The Morgan fingerprint density at radius 2 is 1.90 bits per heavy atom. The van der Waals surface area contributed by atoms with Crippen molar-refractivity contribution in [3.63, 3.8) is 0 Å². The highest BCUT2D eigenvalue weighted by molar-refractivity contribution is 5.87. The molecule has 1 amide bonds. The van der Waals surface area contributed by atoms with Crippen LogP contribution in [-0.2, 0) is 20.7 Å². The van der Waals surface area contributed by atoms with Crippen molar-refractivity contribution in [2.75, 3.05) is 13.7 Å². The number of carboxylic acid groups (broad SMARTS) is 1. The number of benzene rings is 1. The standard InChI is InChI=1S/C16H23NO4/c1-11-5-7-13(8-6-11)9-12(2)14(18)17-16(3,10-21-4)15(19)20/h5-8,12H,9-10H2,1-4H3,(H,17,18)(H,19,20). The van der Waals surface area contributed by atoms with E-state index in [9.17, 15) is 14.7 Å². The lowest BCUT2D eigenvalue weighted by Crippen LogP contribution is -2.56. The minimum Gasteiger partial charge on any atom is -0.479 e. The molecule has 0 saturated heterocycles. The lowest BCUT2D eigenvalue weighted by atomic mass is 9.97. The normalized spacial score (nSPS) is 15.0. The van der Waals surface area contributed by atoms with Gasteiger partial charge in [0.15, 0.2) is 5.54 Å². The summed E-state index contributed by atoms with van der Waals surface area (Å²) >= 11 is 0. The number of methoxy groups -OCH3 is 1. The Kier molecular flexibility index (Phi) is 5.90. The van der Waals surface area contributed by atoms with Crippen LogP contribution in [0.2, 0.25) is 0 Å². The number of ether oxygens (including phenoxy) is 1. The molecule has 1 aromatic rings. The number of amides is 1. The number of carbonyl (C=O) groups is 2. The topological polar surface area (TPSA) is 75.6 Å². The molecular weight excluding hydrogens is 270 g/mol. The highest BCUT2D eigenvalue weighted by atomic mass is 16.5. The molecule has 0 bridgehead atoms. The molecule has 0 heterocycles. The van der Waals surface area contributed by atoms with E-state index in [-0.39, 0.29) is 18.4 Å². The summed E-state index contributed by atoms with van der Waals surface area (Å²) in [7, 11) is 1.41. The predicted octanol–water partition coefficient (Wildman–Crippen LogP) is 1.78. The molecule has 0 aliphatic carbocycles. The third-order valence-corrected chi connectivity index (χ3v) is 3.41. The molecule has 1 aromatic carbocycles. The molecule has 0 aliphatic heterocycles. The Labute approximate surface area is 125 Å². The number of rotatable bonds is 7. The Morgan fingerprint density at radius 1 is 1.33 bits per heavy atom. The average molecular weight is 293 g/mol. The average Bonchev–Trinajstić information content (AvgIpc) is 2.41. The zero-order chi connectivity index (χ0) is 16.0. The highest BCUT2D eigenvalue weighted by Gasteiger charge is 2.36. The van der Waals surface area contributed by atoms with E-state index < -0.39 is 11.5 Å². The summed E-state index contributed by atoms with van der Waals surface area (Å²) in [5.74, 6) is -1.72. The Balaban J connectivity index is 2.69. The lowest BCUT2D eigenvalue weighted by Gasteiger charge is -2.27. The van der Waals surface area contributed by atoms with Gasteiger partial charge in [-0.05, 0) is 25.8 Å². The molecule has 0 radical (unpaired) electrons. The number of carbonyl (C=O) groups excluding carboxylic acids is 1. The van der Waals surface area contributed by atoms with Gasteiger partial charge in [-0.25, -0.2) is 4.79 Å². The second-order valence-electron chi connectivity index (χ2n) is 5.65. The smallest absolute Gasteiger partial charge is 0.331 e. The van der Waals surface area contributed by atoms with E-state index >= 15 is 0 Å². The fourth-order valence-electron chi connectivity index (χ4n) is 2.01. The summed E-state index contributed by atoms with van der Waals surface area (Å²) < 4.78 is 4.88. The molecule has 1 rings (SSSR count). The molecule has 2 atom stereocenters. The Bertz CT molecular complexity index is 498. The molecule has 0 saturated carbocycles. The molecule has 5 heteroatoms. The second kappa shape index (κ2) is 7.22. The fraction of sp³-hybridized carbons (Fsp3) is 0.500. The molecule has 0 spiro atoms. The Hall–Kier alpha value is -1.88. The van der Waals surface area contributed by atoms with Crippen molar-refractivity contribution in [2.24, 2.45) is 5.92 Å². The van der Waals surface area contributed by atoms with Crippen LogP contribution in [0.3, 0.4) is 0 Å². The minimum atomic E-state index is -1.41. The SMILES string of the molecule is COCC(C)(NC(=O)C(C)Cc1ccc(C)cc1)C(=O)O. The van der Waals surface area contributed by atoms with Crippen molar-refractivity contribution in [1.29, 1.82) is 0 Å². The molecule has 0 aromatic heterocycles. The second-order valence-corrected chi connectivity index (χ2v) is 5.65. The molecule has 2 unspecified atom stereocenters. The first-order chi connectivity index (χ1) is 9.78. The maximum absolute atomic E-state index is 12.2. The summed E-state index contributed by atoms with van der Waals surface area (Å²) in [6.45, 7) is 5.15. The van der Waals surface area contributed by atoms with Gasteiger partial charge in [-0.3, -0.25) is 4.79 Å². The van der Waals surface area contributed by atoms with Gasteiger partial charge in [0.2, 0.25) is 5.91 Å². The van der Waals surface area contributed by atoms with Gasteiger partial charge < -0.3 is 15.2 Å². The van der Waals surface area contributed by atoms with Crippen LogP contribution in [0, 0.1) is 12.8 Å². The van der Waals surface area contributed by atoms with E-state index in [1.807, 2.05) is 31.2 Å². The molecular formula is C16H23NO4. The van der Waals surface area contributed by atoms with Gasteiger partial charge >= 0.3 is 5.97 Å². The fourth-order valence-corrected chi connectivity index (χ4v) is 2.01. The van der Waals surface area contributed by atoms with E-state index in [4.69, 9.17) is 4.74 Å². The summed E-state index contributed by atoms with van der Waals surface area (Å²) in [6.07, 6.45) is 0.564. The summed E-state index contributed by atoms with van der Waals surface area (Å²) in [6, 6.07) is 7.94. The predicted molar refractivity (Wildman–Crippen MR) is 80.1 cm³/mol. The molecule has 0 fully saturated rings. The first kappa shape index (κ1) is 17.2. The van der Waals surface area contributed by atoms with Crippen molar-refractivity contribution in [3.8, 4) is 0 Å². The number of carboxylic acids is 1. The van der Waals surface area contributed by atoms with Crippen molar-refractivity contribution >= 4 is 11.9 Å². The minimum absolute atomic E-state index is 0.0781. The van der Waals surface area contributed by atoms with Crippen molar-refractivity contribution < 1.29 is 19.4 Å². The van der Waals surface area contributed by atoms with Crippen LogP contribution in [0.15, 0.2) is 24.3 Å². The maximum atomic E-state index is 12.2. The van der Waals surface area contributed by atoms with Gasteiger partial charge in [0.05, 0.1) is 6.61 Å². The van der Waals surface area contributed by atoms with Gasteiger partial charge in [-0.2, -0.15) is 0 Å². The summed E-state index contributed by atoms with van der Waals surface area (Å²) in [5.41, 5.74) is 0.800. The molecule has 0 aliphatic rings. The van der Waals surface area contributed by atoms with E-state index in [0.29, 0.717) is 6.42 Å². The van der Waals surface area contributed by atoms with Gasteiger partial charge in [0, 0.05) is 13.0 Å². The largest absolute Gasteiger partial charge is 0.479 e. The van der Waals surface area contributed by atoms with Crippen LogP contribution >= 0.6 is 0 Å².